The molecule has 3 heteroatoms. The fourth-order valence-electron chi connectivity index (χ4n) is 3.74. The molecule has 1 unspecified atom stereocenters. The van der Waals surface area contributed by atoms with Crippen LogP contribution in [0.15, 0.2) is 72.8 Å². The molecule has 0 aliphatic heterocycles. The Morgan fingerprint density at radius 1 is 0.893 bits per heavy atom. The number of rotatable bonds is 6. The van der Waals surface area contributed by atoms with Gasteiger partial charge in [0.15, 0.2) is 0 Å². The molecule has 0 radical (unpaired) electrons. The number of esters is 1. The number of hydrogen-bond acceptors (Lipinski definition) is 2. The van der Waals surface area contributed by atoms with E-state index >= 15 is 0 Å². The summed E-state index contributed by atoms with van der Waals surface area (Å²) in [6.45, 7) is 5.33. The predicted molar refractivity (Wildman–Crippen MR) is 115 cm³/mol. The number of carbonyl (C=O) groups excluding carboxylic acids is 1. The van der Waals surface area contributed by atoms with E-state index in [1.165, 1.54) is 16.3 Å². The first kappa shape index (κ1) is 18.3. The van der Waals surface area contributed by atoms with Gasteiger partial charge in [0.25, 0.3) is 0 Å². The molecular weight excluding hydrogens is 346 g/mol. The van der Waals surface area contributed by atoms with Crippen molar-refractivity contribution in [2.75, 3.05) is 6.61 Å². The van der Waals surface area contributed by atoms with Gasteiger partial charge in [0.05, 0.1) is 12.1 Å². The summed E-state index contributed by atoms with van der Waals surface area (Å²) in [5.74, 6) is 0.233. The Labute approximate surface area is 165 Å². The van der Waals surface area contributed by atoms with Crippen LogP contribution in [-0.4, -0.2) is 17.1 Å². The molecule has 0 spiro atoms. The van der Waals surface area contributed by atoms with Gasteiger partial charge in [-0.1, -0.05) is 62.4 Å². The average Bonchev–Trinajstić information content (AvgIpc) is 3.07. The van der Waals surface area contributed by atoms with E-state index in [0.717, 1.165) is 17.5 Å². The summed E-state index contributed by atoms with van der Waals surface area (Å²) >= 11 is 0. The van der Waals surface area contributed by atoms with Crippen LogP contribution >= 0.6 is 0 Å². The highest BCUT2D eigenvalue weighted by Gasteiger charge is 2.12. The summed E-state index contributed by atoms with van der Waals surface area (Å²) < 4.78 is 7.79. The summed E-state index contributed by atoms with van der Waals surface area (Å²) in [5.41, 5.74) is 4.19. The molecule has 142 valence electrons. The van der Waals surface area contributed by atoms with Crippen molar-refractivity contribution in [3.8, 4) is 0 Å². The molecule has 1 atom stereocenters. The number of aromatic nitrogens is 1. The van der Waals surface area contributed by atoms with Crippen molar-refractivity contribution in [2.24, 2.45) is 0 Å². The lowest BCUT2D eigenvalue weighted by Gasteiger charge is -2.11. The molecular formula is C25H25NO2. The maximum atomic E-state index is 12.4. The number of fused-ring (bicyclic) bond motifs is 3. The fourth-order valence-corrected chi connectivity index (χ4v) is 3.74. The summed E-state index contributed by atoms with van der Waals surface area (Å²) in [6, 6.07) is 24.5. The van der Waals surface area contributed by atoms with Gasteiger partial charge in [0, 0.05) is 21.8 Å². The monoisotopic (exact) mass is 371 g/mol. The summed E-state index contributed by atoms with van der Waals surface area (Å²) in [5, 5.41) is 2.45. The van der Waals surface area contributed by atoms with E-state index in [0.29, 0.717) is 24.6 Å². The largest absolute Gasteiger partial charge is 0.460 e. The first-order valence-corrected chi connectivity index (χ1v) is 9.92. The van der Waals surface area contributed by atoms with Crippen LogP contribution in [0.2, 0.25) is 0 Å². The highest BCUT2D eigenvalue weighted by Crippen LogP contribution is 2.28. The highest BCUT2D eigenvalue weighted by molar-refractivity contribution is 6.07. The van der Waals surface area contributed by atoms with Crippen molar-refractivity contribution < 1.29 is 9.53 Å². The number of carbonyl (C=O) groups is 1. The SMILES string of the molecule is CCC(C)c1ccc(C(=O)OCCn2c3ccccc3c3ccccc32)cc1. The lowest BCUT2D eigenvalue weighted by molar-refractivity contribution is 0.0493. The summed E-state index contributed by atoms with van der Waals surface area (Å²) in [7, 11) is 0. The van der Waals surface area contributed by atoms with E-state index in [4.69, 9.17) is 4.74 Å². The third kappa shape index (κ3) is 3.40. The second-order valence-electron chi connectivity index (χ2n) is 7.25. The quantitative estimate of drug-likeness (QED) is 0.380. The van der Waals surface area contributed by atoms with Crippen molar-refractivity contribution >= 4 is 27.8 Å². The van der Waals surface area contributed by atoms with Crippen molar-refractivity contribution in [3.63, 3.8) is 0 Å². The van der Waals surface area contributed by atoms with Gasteiger partial charge < -0.3 is 9.30 Å². The van der Waals surface area contributed by atoms with Crippen LogP contribution in [0.25, 0.3) is 21.8 Å². The van der Waals surface area contributed by atoms with Gasteiger partial charge in [0.2, 0.25) is 0 Å². The Morgan fingerprint density at radius 3 is 2.04 bits per heavy atom. The van der Waals surface area contributed by atoms with Crippen LogP contribution in [0.3, 0.4) is 0 Å². The molecule has 1 heterocycles. The zero-order valence-electron chi connectivity index (χ0n) is 16.4. The molecule has 0 saturated heterocycles. The Kier molecular flexibility index (Phi) is 5.16. The predicted octanol–water partition coefficient (Wildman–Crippen LogP) is 6.17. The number of hydrogen-bond donors (Lipinski definition) is 0. The maximum absolute atomic E-state index is 12.4. The van der Waals surface area contributed by atoms with Gasteiger partial charge in [0.1, 0.15) is 6.61 Å². The molecule has 28 heavy (non-hydrogen) atoms. The van der Waals surface area contributed by atoms with Gasteiger partial charge in [-0.25, -0.2) is 4.79 Å². The molecule has 4 rings (SSSR count). The molecule has 0 aliphatic carbocycles. The molecule has 0 amide bonds. The molecule has 3 aromatic carbocycles. The Hall–Kier alpha value is -3.07. The lowest BCUT2D eigenvalue weighted by Crippen LogP contribution is -2.11. The van der Waals surface area contributed by atoms with E-state index in [9.17, 15) is 4.79 Å². The molecule has 0 saturated carbocycles. The lowest BCUT2D eigenvalue weighted by atomic mass is 9.98. The van der Waals surface area contributed by atoms with Crippen molar-refractivity contribution in [2.45, 2.75) is 32.7 Å². The maximum Gasteiger partial charge on any atom is 0.338 e. The van der Waals surface area contributed by atoms with Crippen molar-refractivity contribution in [3.05, 3.63) is 83.9 Å². The molecule has 3 nitrogen and oxygen atoms in total. The van der Waals surface area contributed by atoms with Crippen LogP contribution in [0, 0.1) is 0 Å². The molecule has 0 N–H and O–H groups in total. The molecule has 1 aromatic heterocycles. The summed E-state index contributed by atoms with van der Waals surface area (Å²) in [4.78, 5) is 12.4. The highest BCUT2D eigenvalue weighted by atomic mass is 16.5. The first-order valence-electron chi connectivity index (χ1n) is 9.92. The smallest absolute Gasteiger partial charge is 0.338 e. The van der Waals surface area contributed by atoms with Gasteiger partial charge in [-0.05, 0) is 42.2 Å². The third-order valence-electron chi connectivity index (χ3n) is 5.56. The van der Waals surface area contributed by atoms with Crippen LogP contribution < -0.4 is 0 Å². The van der Waals surface area contributed by atoms with Gasteiger partial charge in [-0.15, -0.1) is 0 Å². The van der Waals surface area contributed by atoms with E-state index < -0.39 is 0 Å². The standard InChI is InChI=1S/C25H25NO2/c1-3-18(2)19-12-14-20(15-13-19)25(27)28-17-16-26-23-10-6-4-8-21(23)22-9-5-7-11-24(22)26/h4-15,18H,3,16-17H2,1-2H3. The molecule has 0 aliphatic rings. The first-order chi connectivity index (χ1) is 13.7. The van der Waals surface area contributed by atoms with Crippen LogP contribution in [0.4, 0.5) is 0 Å². The Bertz CT molecular complexity index is 1060. The van der Waals surface area contributed by atoms with Gasteiger partial charge in [-0.3, -0.25) is 0 Å². The average molecular weight is 371 g/mol. The minimum atomic E-state index is -0.267. The van der Waals surface area contributed by atoms with Crippen LogP contribution in [-0.2, 0) is 11.3 Å². The number of nitrogens with zero attached hydrogens (tertiary/aromatic N) is 1. The minimum Gasteiger partial charge on any atom is -0.460 e. The van der Waals surface area contributed by atoms with Crippen molar-refractivity contribution in [1.29, 1.82) is 0 Å². The molecule has 0 fully saturated rings. The minimum absolute atomic E-state index is 0.267. The third-order valence-corrected chi connectivity index (χ3v) is 5.56. The summed E-state index contributed by atoms with van der Waals surface area (Å²) in [6.07, 6.45) is 1.09. The normalized spacial score (nSPS) is 12.4. The number of ether oxygens (including phenoxy) is 1. The Balaban J connectivity index is 1.48. The second kappa shape index (κ2) is 7.89. The van der Waals surface area contributed by atoms with E-state index in [1.54, 1.807) is 0 Å². The van der Waals surface area contributed by atoms with Crippen LogP contribution in [0.5, 0.6) is 0 Å². The Morgan fingerprint density at radius 2 is 1.46 bits per heavy atom. The fraction of sp³-hybridized carbons (Fsp3) is 0.240. The van der Waals surface area contributed by atoms with Crippen LogP contribution in [0.1, 0.15) is 42.1 Å². The molecule has 0 bridgehead atoms. The zero-order valence-corrected chi connectivity index (χ0v) is 16.4. The van der Waals surface area contributed by atoms with E-state index in [-0.39, 0.29) is 5.97 Å². The topological polar surface area (TPSA) is 31.2 Å². The van der Waals surface area contributed by atoms with Gasteiger partial charge >= 0.3 is 5.97 Å². The number of benzene rings is 3. The molecule has 4 aromatic rings. The number of para-hydroxylation sites is 2. The van der Waals surface area contributed by atoms with Gasteiger partial charge in [-0.2, -0.15) is 0 Å². The van der Waals surface area contributed by atoms with E-state index in [1.807, 2.05) is 36.4 Å². The second-order valence-corrected chi connectivity index (χ2v) is 7.25. The van der Waals surface area contributed by atoms with E-state index in [2.05, 4.69) is 54.8 Å². The zero-order chi connectivity index (χ0) is 19.5. The van der Waals surface area contributed by atoms with Crippen molar-refractivity contribution in [1.82, 2.24) is 4.57 Å².